The summed E-state index contributed by atoms with van der Waals surface area (Å²) in [6, 6.07) is 16.3. The Hall–Kier alpha value is -2.68. The first-order valence-corrected chi connectivity index (χ1v) is 12.0. The first kappa shape index (κ1) is 22.5. The Labute approximate surface area is 198 Å². The topological polar surface area (TPSA) is 63.4 Å². The van der Waals surface area contributed by atoms with Crippen LogP contribution in [0.15, 0.2) is 63.6 Å². The van der Waals surface area contributed by atoms with Crippen molar-refractivity contribution in [2.24, 2.45) is 0 Å². The molecule has 4 rings (SSSR count). The molecular weight excluding hydrogens is 440 g/mol. The summed E-state index contributed by atoms with van der Waals surface area (Å²) < 4.78 is 11.1. The molecule has 1 unspecified atom stereocenters. The zero-order chi connectivity index (χ0) is 22.7. The largest absolute Gasteiger partial charge is 0.383 e. The Morgan fingerprint density at radius 2 is 1.97 bits per heavy atom. The van der Waals surface area contributed by atoms with Crippen molar-refractivity contribution in [3.63, 3.8) is 0 Å². The molecule has 0 radical (unpaired) electrons. The third-order valence-electron chi connectivity index (χ3n) is 5.50. The quantitative estimate of drug-likeness (QED) is 0.382. The van der Waals surface area contributed by atoms with Gasteiger partial charge in [0.2, 0.25) is 5.82 Å². The number of allylic oxidation sites excluding steroid dienone is 1. The van der Waals surface area contributed by atoms with Crippen molar-refractivity contribution in [2.75, 3.05) is 26.5 Å². The Balaban J connectivity index is 1.79. The van der Waals surface area contributed by atoms with Gasteiger partial charge in [-0.25, -0.2) is 0 Å². The molecule has 0 spiro atoms. The Morgan fingerprint density at radius 1 is 1.19 bits per heavy atom. The maximum absolute atomic E-state index is 5.79. The predicted octanol–water partition coefficient (Wildman–Crippen LogP) is 5.08. The van der Waals surface area contributed by atoms with Crippen LogP contribution in [0.3, 0.4) is 0 Å². The van der Waals surface area contributed by atoms with Crippen LogP contribution in [0, 0.1) is 6.92 Å². The number of rotatable bonds is 7. The molecule has 32 heavy (non-hydrogen) atoms. The fraction of sp³-hybridized carbons (Fsp3) is 0.292. The van der Waals surface area contributed by atoms with Crippen LogP contribution in [0.2, 0.25) is 0 Å². The highest BCUT2D eigenvalue weighted by atomic mass is 32.2. The van der Waals surface area contributed by atoms with Crippen LogP contribution < -0.4 is 5.32 Å². The van der Waals surface area contributed by atoms with Gasteiger partial charge in [-0.15, -0.1) is 11.8 Å². The van der Waals surface area contributed by atoms with Crippen molar-refractivity contribution in [1.29, 1.82) is 0 Å². The summed E-state index contributed by atoms with van der Waals surface area (Å²) in [5.41, 5.74) is 5.05. The van der Waals surface area contributed by atoms with E-state index in [1.165, 1.54) is 4.90 Å². The van der Waals surface area contributed by atoms with Gasteiger partial charge in [-0.2, -0.15) is 4.98 Å². The van der Waals surface area contributed by atoms with E-state index in [-0.39, 0.29) is 6.04 Å². The molecule has 1 N–H and O–H groups in total. The lowest BCUT2D eigenvalue weighted by Gasteiger charge is -2.37. The fourth-order valence-corrected chi connectivity index (χ4v) is 4.55. The summed E-state index contributed by atoms with van der Waals surface area (Å²) >= 11 is 7.41. The minimum atomic E-state index is -0.192. The molecule has 0 amide bonds. The van der Waals surface area contributed by atoms with Crippen molar-refractivity contribution < 1.29 is 9.26 Å². The monoisotopic (exact) mass is 466 g/mol. The van der Waals surface area contributed by atoms with Crippen molar-refractivity contribution in [3.05, 3.63) is 71.2 Å². The summed E-state index contributed by atoms with van der Waals surface area (Å²) in [7, 11) is 1.68. The lowest BCUT2D eigenvalue weighted by molar-refractivity contribution is 0.183. The lowest BCUT2D eigenvalue weighted by atomic mass is 9.95. The summed E-state index contributed by atoms with van der Waals surface area (Å²) in [5, 5.41) is 8.40. The van der Waals surface area contributed by atoms with Gasteiger partial charge in [-0.05, 0) is 56.1 Å². The molecule has 0 fully saturated rings. The van der Waals surface area contributed by atoms with Gasteiger partial charge in [0.05, 0.1) is 18.2 Å². The average molecular weight is 467 g/mol. The smallest absolute Gasteiger partial charge is 0.258 e. The molecule has 1 atom stereocenters. The number of thioether (sulfide) groups is 1. The molecule has 1 aliphatic rings. The van der Waals surface area contributed by atoms with Crippen molar-refractivity contribution in [2.45, 2.75) is 24.8 Å². The highest BCUT2D eigenvalue weighted by Crippen LogP contribution is 2.37. The van der Waals surface area contributed by atoms with E-state index in [9.17, 15) is 0 Å². The number of benzene rings is 2. The Morgan fingerprint density at radius 3 is 2.66 bits per heavy atom. The SMILES string of the molecule is COCCN1C(=S)NC(c2ccc(SC)cc2)C(c2nc(-c3cccc(C)c3)no2)=C1C. The fourth-order valence-electron chi connectivity index (χ4n) is 3.79. The number of hydrogen-bond acceptors (Lipinski definition) is 6. The molecule has 0 aliphatic carbocycles. The summed E-state index contributed by atoms with van der Waals surface area (Å²) in [6.07, 6.45) is 2.07. The number of ether oxygens (including phenoxy) is 1. The number of methoxy groups -OCH3 is 1. The van der Waals surface area contributed by atoms with Crippen LogP contribution in [0.4, 0.5) is 0 Å². The van der Waals surface area contributed by atoms with Crippen molar-refractivity contribution in [1.82, 2.24) is 20.4 Å². The van der Waals surface area contributed by atoms with Crippen LogP contribution in [0.25, 0.3) is 17.0 Å². The summed E-state index contributed by atoms with van der Waals surface area (Å²) in [6.45, 7) is 5.27. The molecule has 2 aromatic carbocycles. The highest BCUT2D eigenvalue weighted by molar-refractivity contribution is 7.98. The standard InChI is InChI=1S/C24H26N4O2S2/c1-15-6-5-7-18(14-15)22-26-23(30-27-22)20-16(2)28(12-13-29-3)24(31)25-21(20)17-8-10-19(32-4)11-9-17/h5-11,14,21H,12-13H2,1-4H3,(H,25,31). The van der Waals surface area contributed by atoms with E-state index in [2.05, 4.69) is 41.0 Å². The van der Waals surface area contributed by atoms with Crippen LogP contribution in [-0.2, 0) is 4.74 Å². The van der Waals surface area contributed by atoms with Crippen LogP contribution >= 0.6 is 24.0 Å². The lowest BCUT2D eigenvalue weighted by Crippen LogP contribution is -2.47. The molecule has 1 aromatic heterocycles. The number of aryl methyl sites for hydroxylation is 1. The van der Waals surface area contributed by atoms with E-state index in [0.717, 1.165) is 28.0 Å². The van der Waals surface area contributed by atoms with Crippen LogP contribution in [-0.4, -0.2) is 46.7 Å². The number of thiocarbonyl (C=S) groups is 1. The molecule has 166 valence electrons. The van der Waals surface area contributed by atoms with E-state index in [4.69, 9.17) is 26.5 Å². The van der Waals surface area contributed by atoms with Crippen molar-refractivity contribution >= 4 is 34.7 Å². The molecule has 0 saturated carbocycles. The second-order valence-corrected chi connectivity index (χ2v) is 8.86. The van der Waals surface area contributed by atoms with E-state index >= 15 is 0 Å². The van der Waals surface area contributed by atoms with Gasteiger partial charge in [0.15, 0.2) is 5.11 Å². The zero-order valence-corrected chi connectivity index (χ0v) is 20.2. The van der Waals surface area contributed by atoms with Gasteiger partial charge in [0.1, 0.15) is 0 Å². The molecule has 1 aliphatic heterocycles. The predicted molar refractivity (Wildman–Crippen MR) is 132 cm³/mol. The maximum atomic E-state index is 5.79. The molecule has 6 nitrogen and oxygen atoms in total. The number of nitrogens with one attached hydrogen (secondary N) is 1. The Bertz CT molecular complexity index is 1140. The molecule has 8 heteroatoms. The maximum Gasteiger partial charge on any atom is 0.258 e. The first-order chi connectivity index (χ1) is 15.5. The van der Waals surface area contributed by atoms with E-state index in [0.29, 0.717) is 30.0 Å². The molecule has 0 bridgehead atoms. The summed E-state index contributed by atoms with van der Waals surface area (Å²) in [4.78, 5) is 7.99. The summed E-state index contributed by atoms with van der Waals surface area (Å²) in [5.74, 6) is 1.05. The third kappa shape index (κ3) is 4.57. The minimum Gasteiger partial charge on any atom is -0.383 e. The Kier molecular flexibility index (Phi) is 6.93. The average Bonchev–Trinajstić information content (AvgIpc) is 3.28. The zero-order valence-electron chi connectivity index (χ0n) is 18.6. The van der Waals surface area contributed by atoms with Gasteiger partial charge in [0.25, 0.3) is 5.89 Å². The van der Waals surface area contributed by atoms with Crippen LogP contribution in [0.5, 0.6) is 0 Å². The third-order valence-corrected chi connectivity index (χ3v) is 6.58. The number of nitrogens with zero attached hydrogens (tertiary/aromatic N) is 3. The second kappa shape index (κ2) is 9.85. The molecule has 3 aromatic rings. The molecular formula is C24H26N4O2S2. The number of aromatic nitrogens is 2. The number of hydrogen-bond donors (Lipinski definition) is 1. The minimum absolute atomic E-state index is 0.192. The van der Waals surface area contributed by atoms with Crippen molar-refractivity contribution in [3.8, 4) is 11.4 Å². The van der Waals surface area contributed by atoms with E-state index in [1.54, 1.807) is 18.9 Å². The normalized spacial score (nSPS) is 16.4. The van der Waals surface area contributed by atoms with E-state index in [1.807, 2.05) is 43.0 Å². The van der Waals surface area contributed by atoms with Gasteiger partial charge in [0, 0.05) is 29.8 Å². The van der Waals surface area contributed by atoms with Crippen LogP contribution in [0.1, 0.15) is 30.0 Å². The van der Waals surface area contributed by atoms with Gasteiger partial charge in [-0.3, -0.25) is 0 Å². The second-order valence-electron chi connectivity index (χ2n) is 7.59. The molecule has 0 saturated heterocycles. The highest BCUT2D eigenvalue weighted by Gasteiger charge is 2.34. The molecule has 2 heterocycles. The van der Waals surface area contributed by atoms with Gasteiger partial charge in [-0.1, -0.05) is 41.1 Å². The van der Waals surface area contributed by atoms with Gasteiger partial charge >= 0.3 is 0 Å². The van der Waals surface area contributed by atoms with E-state index < -0.39 is 0 Å². The van der Waals surface area contributed by atoms with Gasteiger partial charge < -0.3 is 19.5 Å². The first-order valence-electron chi connectivity index (χ1n) is 10.3.